The zero-order valence-corrected chi connectivity index (χ0v) is 11.2. The fourth-order valence-electron chi connectivity index (χ4n) is 1.78. The molecule has 2 aromatic rings. The third-order valence-electron chi connectivity index (χ3n) is 2.85. The second-order valence-electron chi connectivity index (χ2n) is 4.40. The van der Waals surface area contributed by atoms with Gasteiger partial charge in [0.2, 0.25) is 5.75 Å². The van der Waals surface area contributed by atoms with E-state index in [0.717, 1.165) is 0 Å². The molecule has 0 aromatic heterocycles. The SMILES string of the molecule is CC(O)c1ccc(Oc2cccc(C#N)c2)c([N+](=O)[O-])c1. The average Bonchev–Trinajstić information content (AvgIpc) is 2.47. The van der Waals surface area contributed by atoms with E-state index in [1.54, 1.807) is 24.3 Å². The highest BCUT2D eigenvalue weighted by atomic mass is 16.6. The minimum atomic E-state index is -0.806. The number of hydrogen-bond donors (Lipinski definition) is 1. The van der Waals surface area contributed by atoms with Gasteiger partial charge in [0.15, 0.2) is 0 Å². The molecule has 0 saturated heterocycles. The molecule has 2 rings (SSSR count). The Balaban J connectivity index is 2.39. The molecular formula is C15H12N2O4. The monoisotopic (exact) mass is 284 g/mol. The van der Waals surface area contributed by atoms with E-state index in [9.17, 15) is 15.2 Å². The number of ether oxygens (including phenoxy) is 1. The van der Waals surface area contributed by atoms with Crippen LogP contribution in [0.4, 0.5) is 5.69 Å². The summed E-state index contributed by atoms with van der Waals surface area (Å²) in [5, 5.41) is 29.4. The predicted octanol–water partition coefficient (Wildman–Crippen LogP) is 3.31. The van der Waals surface area contributed by atoms with Gasteiger partial charge in [0.1, 0.15) is 5.75 Å². The van der Waals surface area contributed by atoms with Crippen LogP contribution in [0.3, 0.4) is 0 Å². The van der Waals surface area contributed by atoms with Crippen molar-refractivity contribution in [2.24, 2.45) is 0 Å². The van der Waals surface area contributed by atoms with Crippen molar-refractivity contribution in [3.8, 4) is 17.6 Å². The van der Waals surface area contributed by atoms with E-state index in [0.29, 0.717) is 16.9 Å². The smallest absolute Gasteiger partial charge is 0.311 e. The molecule has 21 heavy (non-hydrogen) atoms. The molecule has 0 aliphatic carbocycles. The van der Waals surface area contributed by atoms with E-state index in [4.69, 9.17) is 10.00 Å². The molecule has 6 heteroatoms. The lowest BCUT2D eigenvalue weighted by molar-refractivity contribution is -0.385. The van der Waals surface area contributed by atoms with Crippen molar-refractivity contribution >= 4 is 5.69 Å². The Kier molecular flexibility index (Phi) is 4.16. The number of hydrogen-bond acceptors (Lipinski definition) is 5. The van der Waals surface area contributed by atoms with E-state index in [1.807, 2.05) is 6.07 Å². The Labute approximate surface area is 121 Å². The second kappa shape index (κ2) is 6.03. The third kappa shape index (κ3) is 3.35. The zero-order chi connectivity index (χ0) is 15.4. The Bertz CT molecular complexity index is 720. The quantitative estimate of drug-likeness (QED) is 0.686. The maximum atomic E-state index is 11.1. The number of nitrogens with zero attached hydrogens (tertiary/aromatic N) is 2. The molecule has 106 valence electrons. The fraction of sp³-hybridized carbons (Fsp3) is 0.133. The predicted molar refractivity (Wildman–Crippen MR) is 75.0 cm³/mol. The first kappa shape index (κ1) is 14.5. The van der Waals surface area contributed by atoms with Gasteiger partial charge in [-0.25, -0.2) is 0 Å². The van der Waals surface area contributed by atoms with Gasteiger partial charge in [0.05, 0.1) is 22.7 Å². The summed E-state index contributed by atoms with van der Waals surface area (Å²) in [6.45, 7) is 1.52. The topological polar surface area (TPSA) is 96.4 Å². The van der Waals surface area contributed by atoms with E-state index in [1.165, 1.54) is 25.1 Å². The number of aliphatic hydroxyl groups excluding tert-OH is 1. The number of nitro benzene ring substituents is 1. The summed E-state index contributed by atoms with van der Waals surface area (Å²) in [5.74, 6) is 0.390. The van der Waals surface area contributed by atoms with Crippen LogP contribution in [0.1, 0.15) is 24.2 Å². The zero-order valence-electron chi connectivity index (χ0n) is 11.2. The minimum Gasteiger partial charge on any atom is -0.450 e. The minimum absolute atomic E-state index is 0.0551. The summed E-state index contributed by atoms with van der Waals surface area (Å²) in [5.41, 5.74) is 0.589. The molecule has 0 saturated carbocycles. The van der Waals surface area contributed by atoms with Crippen LogP contribution in [0.25, 0.3) is 0 Å². The summed E-state index contributed by atoms with van der Waals surface area (Å²) in [6.07, 6.45) is -0.806. The Morgan fingerprint density at radius 2 is 2.10 bits per heavy atom. The number of aliphatic hydroxyl groups is 1. The van der Waals surface area contributed by atoms with E-state index in [-0.39, 0.29) is 11.4 Å². The van der Waals surface area contributed by atoms with Gasteiger partial charge in [-0.2, -0.15) is 5.26 Å². The molecule has 0 fully saturated rings. The van der Waals surface area contributed by atoms with E-state index < -0.39 is 11.0 Å². The number of nitro groups is 1. The molecule has 2 aromatic carbocycles. The van der Waals surface area contributed by atoms with Crippen LogP contribution in [-0.4, -0.2) is 10.0 Å². The van der Waals surface area contributed by atoms with Gasteiger partial charge >= 0.3 is 5.69 Å². The van der Waals surface area contributed by atoms with Crippen molar-refractivity contribution in [2.75, 3.05) is 0 Å². The lowest BCUT2D eigenvalue weighted by Crippen LogP contribution is -1.97. The molecule has 0 spiro atoms. The van der Waals surface area contributed by atoms with Crippen LogP contribution >= 0.6 is 0 Å². The molecule has 1 unspecified atom stereocenters. The van der Waals surface area contributed by atoms with Crippen molar-refractivity contribution in [1.29, 1.82) is 5.26 Å². The van der Waals surface area contributed by atoms with Gasteiger partial charge in [-0.1, -0.05) is 12.1 Å². The maximum absolute atomic E-state index is 11.1. The van der Waals surface area contributed by atoms with Crippen LogP contribution in [0.5, 0.6) is 11.5 Å². The van der Waals surface area contributed by atoms with Gasteiger partial charge in [-0.05, 0) is 36.8 Å². The summed E-state index contributed by atoms with van der Waals surface area (Å²) < 4.78 is 5.47. The third-order valence-corrected chi connectivity index (χ3v) is 2.85. The van der Waals surface area contributed by atoms with Crippen molar-refractivity contribution in [2.45, 2.75) is 13.0 Å². The van der Waals surface area contributed by atoms with Crippen LogP contribution in [0.2, 0.25) is 0 Å². The fourth-order valence-corrected chi connectivity index (χ4v) is 1.78. The van der Waals surface area contributed by atoms with Gasteiger partial charge < -0.3 is 9.84 Å². The van der Waals surface area contributed by atoms with Crippen molar-refractivity contribution in [1.82, 2.24) is 0 Å². The van der Waals surface area contributed by atoms with Crippen LogP contribution in [0.15, 0.2) is 42.5 Å². The lowest BCUT2D eigenvalue weighted by atomic mass is 10.1. The van der Waals surface area contributed by atoms with Crippen molar-refractivity contribution < 1.29 is 14.8 Å². The highest BCUT2D eigenvalue weighted by Crippen LogP contribution is 2.33. The molecule has 1 atom stereocenters. The second-order valence-corrected chi connectivity index (χ2v) is 4.40. The molecule has 0 aliphatic heterocycles. The molecule has 0 heterocycles. The molecule has 1 N–H and O–H groups in total. The normalized spacial score (nSPS) is 11.5. The first-order chi connectivity index (χ1) is 10.0. The molecule has 0 aliphatic rings. The van der Waals surface area contributed by atoms with Crippen LogP contribution in [0, 0.1) is 21.4 Å². The standard InChI is InChI=1S/C15H12N2O4/c1-10(18)12-5-6-15(14(8-12)17(19)20)21-13-4-2-3-11(7-13)9-16/h2-8,10,18H,1H3. The molecule has 0 bridgehead atoms. The molecular weight excluding hydrogens is 272 g/mol. The number of nitriles is 1. The summed E-state index contributed by atoms with van der Waals surface area (Å²) in [6, 6.07) is 12.6. The summed E-state index contributed by atoms with van der Waals surface area (Å²) in [4.78, 5) is 10.5. The van der Waals surface area contributed by atoms with Crippen LogP contribution < -0.4 is 4.74 Å². The molecule has 0 radical (unpaired) electrons. The molecule has 0 amide bonds. The Hall–Kier alpha value is -2.91. The highest BCUT2D eigenvalue weighted by molar-refractivity contribution is 5.51. The van der Waals surface area contributed by atoms with E-state index in [2.05, 4.69) is 0 Å². The average molecular weight is 284 g/mol. The maximum Gasteiger partial charge on any atom is 0.311 e. The number of benzene rings is 2. The first-order valence-electron chi connectivity index (χ1n) is 6.15. The Morgan fingerprint density at radius 3 is 2.71 bits per heavy atom. The largest absolute Gasteiger partial charge is 0.450 e. The van der Waals surface area contributed by atoms with Crippen molar-refractivity contribution in [3.63, 3.8) is 0 Å². The first-order valence-corrected chi connectivity index (χ1v) is 6.15. The van der Waals surface area contributed by atoms with Gasteiger partial charge in [-0.3, -0.25) is 10.1 Å². The summed E-state index contributed by atoms with van der Waals surface area (Å²) >= 11 is 0. The number of rotatable bonds is 4. The van der Waals surface area contributed by atoms with E-state index >= 15 is 0 Å². The van der Waals surface area contributed by atoms with Gasteiger partial charge in [0.25, 0.3) is 0 Å². The highest BCUT2D eigenvalue weighted by Gasteiger charge is 2.18. The van der Waals surface area contributed by atoms with Gasteiger partial charge in [0, 0.05) is 6.07 Å². The lowest BCUT2D eigenvalue weighted by Gasteiger charge is -2.09. The van der Waals surface area contributed by atoms with Crippen molar-refractivity contribution in [3.05, 3.63) is 63.7 Å². The molecule has 6 nitrogen and oxygen atoms in total. The van der Waals surface area contributed by atoms with Crippen LogP contribution in [-0.2, 0) is 0 Å². The summed E-state index contributed by atoms with van der Waals surface area (Å²) in [7, 11) is 0. The Morgan fingerprint density at radius 1 is 1.33 bits per heavy atom. The van der Waals surface area contributed by atoms with Gasteiger partial charge in [-0.15, -0.1) is 0 Å².